The number of rotatable bonds is 4. The zero-order chi connectivity index (χ0) is 20.5. The monoisotopic (exact) mass is 418 g/mol. The van der Waals surface area contributed by atoms with Crippen LogP contribution in [0.25, 0.3) is 0 Å². The van der Waals surface area contributed by atoms with E-state index >= 15 is 0 Å². The molecule has 0 aromatic heterocycles. The van der Waals surface area contributed by atoms with E-state index in [1.54, 1.807) is 20.8 Å². The molecule has 0 unspecified atom stereocenters. The second kappa shape index (κ2) is 7.67. The van der Waals surface area contributed by atoms with Crippen molar-refractivity contribution in [3.8, 4) is 0 Å². The van der Waals surface area contributed by atoms with Crippen LogP contribution in [0.1, 0.15) is 33.6 Å². The second-order valence-corrected chi connectivity index (χ2v) is 11.6. The Balaban J connectivity index is 2.03. The van der Waals surface area contributed by atoms with Crippen molar-refractivity contribution in [2.45, 2.75) is 49.4 Å². The molecule has 152 valence electrons. The smallest absolute Gasteiger partial charge is 0.410 e. The molecule has 0 spiro atoms. The number of nitrogens with zero attached hydrogens (tertiary/aromatic N) is 1. The highest BCUT2D eigenvalue weighted by Crippen LogP contribution is 2.26. The van der Waals surface area contributed by atoms with E-state index in [2.05, 4.69) is 4.72 Å². The number of nitrogens with one attached hydrogen (secondary N) is 1. The number of likely N-dealkylation sites (tertiary alicyclic amines) is 1. The van der Waals surface area contributed by atoms with Crippen molar-refractivity contribution in [1.29, 1.82) is 0 Å². The average molecular weight is 419 g/mol. The minimum Gasteiger partial charge on any atom is -0.444 e. The van der Waals surface area contributed by atoms with E-state index in [9.17, 15) is 21.6 Å². The van der Waals surface area contributed by atoms with Crippen molar-refractivity contribution in [3.63, 3.8) is 0 Å². The van der Waals surface area contributed by atoms with Crippen LogP contribution in [0, 0.1) is 0 Å². The molecule has 1 aromatic carbocycles. The average Bonchev–Trinajstić information content (AvgIpc) is 2.52. The predicted molar refractivity (Wildman–Crippen MR) is 103 cm³/mol. The number of hydrogen-bond acceptors (Lipinski definition) is 6. The zero-order valence-electron chi connectivity index (χ0n) is 15.9. The van der Waals surface area contributed by atoms with Gasteiger partial charge in [-0.2, -0.15) is 0 Å². The van der Waals surface area contributed by atoms with Crippen LogP contribution >= 0.6 is 0 Å². The van der Waals surface area contributed by atoms with Crippen molar-refractivity contribution in [1.82, 2.24) is 4.90 Å². The van der Waals surface area contributed by atoms with Crippen LogP contribution in [-0.4, -0.2) is 58.0 Å². The van der Waals surface area contributed by atoms with E-state index in [1.165, 1.54) is 29.2 Å². The number of carbonyl (C=O) groups is 1. The Bertz CT molecular complexity index is 878. The fourth-order valence-corrected chi connectivity index (χ4v) is 5.09. The molecule has 0 atom stereocenters. The molecule has 8 nitrogen and oxygen atoms in total. The summed E-state index contributed by atoms with van der Waals surface area (Å²) in [7, 11) is -6.98. The summed E-state index contributed by atoms with van der Waals surface area (Å²) in [6, 6.07) is 5.62. The van der Waals surface area contributed by atoms with Crippen LogP contribution in [0.3, 0.4) is 0 Å². The van der Waals surface area contributed by atoms with Gasteiger partial charge in [0.2, 0.25) is 10.0 Å². The number of ether oxygens (including phenoxy) is 1. The first-order valence-electron chi connectivity index (χ1n) is 8.58. The molecule has 10 heteroatoms. The first-order valence-corrected chi connectivity index (χ1v) is 12.0. The second-order valence-electron chi connectivity index (χ2n) is 7.61. The van der Waals surface area contributed by atoms with Gasteiger partial charge in [0, 0.05) is 18.8 Å². The lowest BCUT2D eigenvalue weighted by molar-refractivity contribution is 0.0217. The van der Waals surface area contributed by atoms with Crippen LogP contribution in [0.2, 0.25) is 0 Å². The fourth-order valence-electron chi connectivity index (χ4n) is 2.79. The van der Waals surface area contributed by atoms with Crippen molar-refractivity contribution in [3.05, 3.63) is 24.3 Å². The molecule has 0 radical (unpaired) electrons. The molecular weight excluding hydrogens is 392 g/mol. The lowest BCUT2D eigenvalue weighted by atomic mass is 10.1. The maximum Gasteiger partial charge on any atom is 0.410 e. The van der Waals surface area contributed by atoms with E-state index in [4.69, 9.17) is 4.74 Å². The molecule has 1 amide bonds. The summed E-state index contributed by atoms with van der Waals surface area (Å²) in [6.07, 6.45) is 1.24. The highest BCUT2D eigenvalue weighted by molar-refractivity contribution is 7.92. The van der Waals surface area contributed by atoms with E-state index < -0.39 is 36.8 Å². The Labute approximate surface area is 160 Å². The summed E-state index contributed by atoms with van der Waals surface area (Å²) < 4.78 is 55.7. The van der Waals surface area contributed by atoms with E-state index in [1.807, 2.05) is 0 Å². The van der Waals surface area contributed by atoms with Gasteiger partial charge in [0.15, 0.2) is 9.84 Å². The topological polar surface area (TPSA) is 110 Å². The Kier molecular flexibility index (Phi) is 6.10. The van der Waals surface area contributed by atoms with Crippen molar-refractivity contribution in [2.75, 3.05) is 24.1 Å². The van der Waals surface area contributed by atoms with Crippen molar-refractivity contribution < 1.29 is 26.4 Å². The third-order valence-electron chi connectivity index (χ3n) is 4.02. The van der Waals surface area contributed by atoms with Gasteiger partial charge in [0.25, 0.3) is 0 Å². The number of amides is 1. The molecule has 1 fully saturated rings. The maximum atomic E-state index is 12.8. The summed E-state index contributed by atoms with van der Waals surface area (Å²) in [6.45, 7) is 5.97. The van der Waals surface area contributed by atoms with Crippen LogP contribution in [-0.2, 0) is 24.6 Å². The summed E-state index contributed by atoms with van der Waals surface area (Å²) in [5, 5.41) is -0.593. The zero-order valence-corrected chi connectivity index (χ0v) is 17.6. The van der Waals surface area contributed by atoms with Gasteiger partial charge in [-0.25, -0.2) is 21.6 Å². The highest BCUT2D eigenvalue weighted by atomic mass is 32.2. The summed E-state index contributed by atoms with van der Waals surface area (Å²) in [5.41, 5.74) is -0.293. The molecule has 1 aromatic rings. The molecule has 2 rings (SSSR count). The number of anilines is 1. The third kappa shape index (κ3) is 6.10. The summed E-state index contributed by atoms with van der Waals surface area (Å²) >= 11 is 0. The highest BCUT2D eigenvalue weighted by Gasteiger charge is 2.34. The maximum absolute atomic E-state index is 12.8. The van der Waals surface area contributed by atoms with Crippen LogP contribution in [0.4, 0.5) is 10.5 Å². The Morgan fingerprint density at radius 3 is 2.04 bits per heavy atom. The van der Waals surface area contributed by atoms with Crippen molar-refractivity contribution >= 4 is 31.6 Å². The number of benzene rings is 1. The summed E-state index contributed by atoms with van der Waals surface area (Å²) in [5.74, 6) is 0. The van der Waals surface area contributed by atoms with Crippen molar-refractivity contribution in [2.24, 2.45) is 0 Å². The Morgan fingerprint density at radius 2 is 1.59 bits per heavy atom. The quantitative estimate of drug-likeness (QED) is 0.803. The van der Waals surface area contributed by atoms with Gasteiger partial charge in [-0.3, -0.25) is 4.72 Å². The standard InChI is InChI=1S/C17H26N2O6S2/c1-17(2,3)25-16(20)19-11-9-15(10-12-19)27(23,24)14-7-5-13(6-8-14)18-26(4,21)22/h5-8,15,18H,9-12H2,1-4H3. The predicted octanol–water partition coefficient (Wildman–Crippen LogP) is 2.23. The number of sulfone groups is 1. The fraction of sp³-hybridized carbons (Fsp3) is 0.588. The van der Waals surface area contributed by atoms with Gasteiger partial charge in [-0.15, -0.1) is 0 Å². The molecular formula is C17H26N2O6S2. The SMILES string of the molecule is CC(C)(C)OC(=O)N1CCC(S(=O)(=O)c2ccc(NS(C)(=O)=O)cc2)CC1. The van der Waals surface area contributed by atoms with Gasteiger partial charge >= 0.3 is 6.09 Å². The van der Waals surface area contributed by atoms with Crippen LogP contribution in [0.5, 0.6) is 0 Å². The van der Waals surface area contributed by atoms with Gasteiger partial charge in [0.1, 0.15) is 5.60 Å². The van der Waals surface area contributed by atoms with Gasteiger partial charge in [-0.1, -0.05) is 0 Å². The molecule has 27 heavy (non-hydrogen) atoms. The largest absolute Gasteiger partial charge is 0.444 e. The number of carbonyl (C=O) groups excluding carboxylic acids is 1. The van der Waals surface area contributed by atoms with E-state index in [0.717, 1.165) is 6.26 Å². The minimum absolute atomic E-state index is 0.136. The first kappa shape index (κ1) is 21.5. The lowest BCUT2D eigenvalue weighted by Crippen LogP contribution is -2.44. The number of piperidine rings is 1. The molecule has 0 saturated carbocycles. The number of hydrogen-bond donors (Lipinski definition) is 1. The lowest BCUT2D eigenvalue weighted by Gasteiger charge is -2.33. The molecule has 1 aliphatic rings. The van der Waals surface area contributed by atoms with Crippen LogP contribution in [0.15, 0.2) is 29.2 Å². The Hall–Kier alpha value is -1.81. The minimum atomic E-state index is -3.56. The molecule has 1 N–H and O–H groups in total. The van der Waals surface area contributed by atoms with Gasteiger partial charge in [0.05, 0.1) is 16.4 Å². The van der Waals surface area contributed by atoms with Gasteiger partial charge < -0.3 is 9.64 Å². The normalized spacial score (nSPS) is 16.8. The van der Waals surface area contributed by atoms with E-state index in [-0.39, 0.29) is 4.90 Å². The molecule has 0 bridgehead atoms. The summed E-state index contributed by atoms with van der Waals surface area (Å²) in [4.78, 5) is 13.8. The van der Waals surface area contributed by atoms with Gasteiger partial charge in [-0.05, 0) is 57.9 Å². The molecule has 1 saturated heterocycles. The third-order valence-corrected chi connectivity index (χ3v) is 6.90. The molecule has 1 aliphatic heterocycles. The number of sulfonamides is 1. The van der Waals surface area contributed by atoms with E-state index in [0.29, 0.717) is 31.6 Å². The first-order chi connectivity index (χ1) is 12.3. The van der Waals surface area contributed by atoms with Crippen LogP contribution < -0.4 is 4.72 Å². The Morgan fingerprint density at radius 1 is 1.07 bits per heavy atom. The molecule has 0 aliphatic carbocycles. The molecule has 1 heterocycles.